The summed E-state index contributed by atoms with van der Waals surface area (Å²) >= 11 is 1.85. The van der Waals surface area contributed by atoms with Crippen molar-refractivity contribution in [2.75, 3.05) is 5.32 Å². The third-order valence-corrected chi connectivity index (χ3v) is 8.70. The number of rotatable bonds is 2. The summed E-state index contributed by atoms with van der Waals surface area (Å²) in [5, 5.41) is 4.33. The number of carbonyl (C=O) groups excluding carboxylic acids is 1. The van der Waals surface area contributed by atoms with E-state index in [9.17, 15) is 9.18 Å². The van der Waals surface area contributed by atoms with E-state index in [1.165, 1.54) is 45.5 Å². The standard InChI is InChI=1S/C29H28FN3OS/c1-18-12-13-22(15-19(18)2)31-29(34)33-17-24-23-9-3-4-11-26(23)35-28(24)32-14-6-10-25(32)27(33)20-7-5-8-21(30)16-20/h5-8,10,12-16,27H,3-4,9,11,17H2,1-2H3,(H,31,34). The summed E-state index contributed by atoms with van der Waals surface area (Å²) in [6, 6.07) is 16.1. The Morgan fingerprint density at radius 3 is 2.69 bits per heavy atom. The Labute approximate surface area is 209 Å². The van der Waals surface area contributed by atoms with Crippen LogP contribution in [0.3, 0.4) is 0 Å². The Balaban J connectivity index is 1.49. The highest BCUT2D eigenvalue weighted by Crippen LogP contribution is 2.44. The summed E-state index contributed by atoms with van der Waals surface area (Å²) in [6.07, 6.45) is 6.62. The fourth-order valence-corrected chi connectivity index (χ4v) is 6.83. The molecule has 2 aromatic carbocycles. The lowest BCUT2D eigenvalue weighted by Gasteiger charge is -2.31. The normalized spacial score (nSPS) is 16.8. The van der Waals surface area contributed by atoms with Crippen LogP contribution >= 0.6 is 11.3 Å². The molecule has 1 aliphatic carbocycles. The number of hydrogen-bond acceptors (Lipinski definition) is 2. The van der Waals surface area contributed by atoms with Gasteiger partial charge in [-0.1, -0.05) is 18.2 Å². The maximum atomic E-state index is 14.4. The van der Waals surface area contributed by atoms with Crippen LogP contribution < -0.4 is 5.32 Å². The number of aryl methyl sites for hydroxylation is 3. The molecule has 0 spiro atoms. The van der Waals surface area contributed by atoms with E-state index in [2.05, 4.69) is 29.1 Å². The Hall–Kier alpha value is -3.38. The monoisotopic (exact) mass is 485 g/mol. The zero-order valence-corrected chi connectivity index (χ0v) is 20.8. The lowest BCUT2D eigenvalue weighted by atomic mass is 9.95. The van der Waals surface area contributed by atoms with Crippen LogP contribution in [0.15, 0.2) is 60.8 Å². The molecule has 1 atom stereocenters. The number of hydrogen-bond donors (Lipinski definition) is 1. The van der Waals surface area contributed by atoms with Gasteiger partial charge in [-0.2, -0.15) is 0 Å². The Kier molecular flexibility index (Phi) is 5.49. The number of urea groups is 1. The fourth-order valence-electron chi connectivity index (χ4n) is 5.43. The Morgan fingerprint density at radius 1 is 1.00 bits per heavy atom. The molecule has 1 N–H and O–H groups in total. The van der Waals surface area contributed by atoms with Gasteiger partial charge in [-0.3, -0.25) is 0 Å². The van der Waals surface area contributed by atoms with Gasteiger partial charge in [-0.15, -0.1) is 11.3 Å². The molecule has 4 nitrogen and oxygen atoms in total. The first kappa shape index (κ1) is 22.1. The largest absolute Gasteiger partial charge is 0.322 e. The molecule has 2 aromatic heterocycles. The maximum Gasteiger partial charge on any atom is 0.322 e. The molecule has 0 saturated carbocycles. The lowest BCUT2D eigenvalue weighted by molar-refractivity contribution is 0.194. The minimum absolute atomic E-state index is 0.182. The van der Waals surface area contributed by atoms with Gasteiger partial charge in [-0.05, 0) is 98.2 Å². The highest BCUT2D eigenvalue weighted by Gasteiger charge is 2.36. The number of anilines is 1. The molecule has 1 aliphatic heterocycles. The second-order valence-corrected chi connectivity index (χ2v) is 10.7. The molecular weight excluding hydrogens is 457 g/mol. The average Bonchev–Trinajstić information content (AvgIpc) is 3.43. The van der Waals surface area contributed by atoms with Crippen LogP contribution in [0.2, 0.25) is 0 Å². The molecule has 0 saturated heterocycles. The van der Waals surface area contributed by atoms with E-state index in [0.717, 1.165) is 35.3 Å². The molecule has 0 bridgehead atoms. The fraction of sp³-hybridized carbons (Fsp3) is 0.276. The van der Waals surface area contributed by atoms with Crippen molar-refractivity contribution in [3.05, 3.63) is 105 Å². The van der Waals surface area contributed by atoms with Gasteiger partial charge in [0.15, 0.2) is 0 Å². The molecule has 6 rings (SSSR count). The summed E-state index contributed by atoms with van der Waals surface area (Å²) in [7, 11) is 0. The molecule has 2 aliphatic rings. The molecule has 2 amide bonds. The van der Waals surface area contributed by atoms with E-state index in [1.807, 2.05) is 53.5 Å². The van der Waals surface area contributed by atoms with Crippen LogP contribution in [0.1, 0.15) is 57.3 Å². The first-order valence-corrected chi connectivity index (χ1v) is 13.0. The van der Waals surface area contributed by atoms with Crippen molar-refractivity contribution in [2.24, 2.45) is 0 Å². The first-order valence-electron chi connectivity index (χ1n) is 12.2. The van der Waals surface area contributed by atoms with Gasteiger partial charge in [0.1, 0.15) is 10.8 Å². The molecule has 6 heteroatoms. The number of aromatic nitrogens is 1. The second kappa shape index (κ2) is 8.68. The Morgan fingerprint density at radius 2 is 1.86 bits per heavy atom. The topological polar surface area (TPSA) is 37.3 Å². The highest BCUT2D eigenvalue weighted by molar-refractivity contribution is 7.15. The van der Waals surface area contributed by atoms with Crippen molar-refractivity contribution in [3.8, 4) is 5.00 Å². The average molecular weight is 486 g/mol. The van der Waals surface area contributed by atoms with Crippen molar-refractivity contribution in [1.82, 2.24) is 9.47 Å². The molecule has 1 unspecified atom stereocenters. The summed E-state index contributed by atoms with van der Waals surface area (Å²) in [5.41, 5.74) is 7.46. The number of nitrogens with zero attached hydrogens (tertiary/aromatic N) is 2. The van der Waals surface area contributed by atoms with E-state index in [-0.39, 0.29) is 11.8 Å². The van der Waals surface area contributed by atoms with E-state index < -0.39 is 6.04 Å². The SMILES string of the molecule is Cc1ccc(NC(=O)N2Cc3c(sc4c3CCCC4)-n3cccc3C2c2cccc(F)c2)cc1C. The van der Waals surface area contributed by atoms with Crippen LogP contribution in [0.25, 0.3) is 5.00 Å². The van der Waals surface area contributed by atoms with Gasteiger partial charge in [0.05, 0.1) is 18.3 Å². The van der Waals surface area contributed by atoms with E-state index in [0.29, 0.717) is 6.54 Å². The van der Waals surface area contributed by atoms with Crippen LogP contribution in [0.5, 0.6) is 0 Å². The van der Waals surface area contributed by atoms with Gasteiger partial charge < -0.3 is 14.8 Å². The predicted molar refractivity (Wildman–Crippen MR) is 139 cm³/mol. The van der Waals surface area contributed by atoms with Gasteiger partial charge in [-0.25, -0.2) is 9.18 Å². The molecule has 0 fully saturated rings. The van der Waals surface area contributed by atoms with Crippen molar-refractivity contribution < 1.29 is 9.18 Å². The van der Waals surface area contributed by atoms with E-state index >= 15 is 0 Å². The molecule has 0 radical (unpaired) electrons. The zero-order chi connectivity index (χ0) is 24.1. The first-order chi connectivity index (χ1) is 17.0. The minimum Gasteiger partial charge on any atom is -0.310 e. The Bertz CT molecular complexity index is 1440. The molecule has 3 heterocycles. The number of amides is 2. The third-order valence-electron chi connectivity index (χ3n) is 7.36. The number of benzene rings is 2. The molecule has 178 valence electrons. The van der Waals surface area contributed by atoms with E-state index in [1.54, 1.807) is 12.1 Å². The van der Waals surface area contributed by atoms with Crippen molar-refractivity contribution in [2.45, 2.75) is 52.1 Å². The summed E-state index contributed by atoms with van der Waals surface area (Å²) in [5.74, 6) is -0.300. The van der Waals surface area contributed by atoms with Gasteiger partial charge in [0.25, 0.3) is 0 Å². The smallest absolute Gasteiger partial charge is 0.310 e. The van der Waals surface area contributed by atoms with Crippen LogP contribution in [0.4, 0.5) is 14.9 Å². The highest BCUT2D eigenvalue weighted by atomic mass is 32.1. The van der Waals surface area contributed by atoms with Crippen LogP contribution in [0, 0.1) is 19.7 Å². The zero-order valence-electron chi connectivity index (χ0n) is 20.0. The van der Waals surface area contributed by atoms with Crippen molar-refractivity contribution in [3.63, 3.8) is 0 Å². The second-order valence-electron chi connectivity index (χ2n) is 9.61. The molecule has 35 heavy (non-hydrogen) atoms. The lowest BCUT2D eigenvalue weighted by Crippen LogP contribution is -2.38. The van der Waals surface area contributed by atoms with E-state index in [4.69, 9.17) is 0 Å². The third kappa shape index (κ3) is 3.86. The maximum absolute atomic E-state index is 14.4. The molecule has 4 aromatic rings. The minimum atomic E-state index is -0.411. The summed E-state index contributed by atoms with van der Waals surface area (Å²) in [4.78, 5) is 17.3. The predicted octanol–water partition coefficient (Wildman–Crippen LogP) is 7.31. The number of carbonyl (C=O) groups is 1. The number of fused-ring (bicyclic) bond motifs is 5. The van der Waals surface area contributed by atoms with Gasteiger partial charge in [0.2, 0.25) is 0 Å². The van der Waals surface area contributed by atoms with Crippen LogP contribution in [-0.4, -0.2) is 15.5 Å². The number of thiophene rings is 1. The number of nitrogens with one attached hydrogen (secondary N) is 1. The van der Waals surface area contributed by atoms with Crippen molar-refractivity contribution in [1.29, 1.82) is 0 Å². The molecular formula is C29H28FN3OS. The van der Waals surface area contributed by atoms with Gasteiger partial charge >= 0.3 is 6.03 Å². The van der Waals surface area contributed by atoms with Crippen molar-refractivity contribution >= 4 is 23.1 Å². The number of halogens is 1. The summed E-state index contributed by atoms with van der Waals surface area (Å²) < 4.78 is 16.6. The summed E-state index contributed by atoms with van der Waals surface area (Å²) in [6.45, 7) is 4.59. The van der Waals surface area contributed by atoms with Gasteiger partial charge in [0, 0.05) is 22.3 Å². The van der Waals surface area contributed by atoms with Crippen LogP contribution in [-0.2, 0) is 19.4 Å². The quantitative estimate of drug-likeness (QED) is 0.318.